The molecule has 27 heavy (non-hydrogen) atoms. The van der Waals surface area contributed by atoms with Crippen LogP contribution in [0.3, 0.4) is 0 Å². The van der Waals surface area contributed by atoms with Crippen LogP contribution in [0.15, 0.2) is 58.4 Å². The molecule has 0 aliphatic rings. The summed E-state index contributed by atoms with van der Waals surface area (Å²) in [6.07, 6.45) is 5.60. The molecule has 0 unspecified atom stereocenters. The van der Waals surface area contributed by atoms with E-state index in [2.05, 4.69) is 15.3 Å². The van der Waals surface area contributed by atoms with Gasteiger partial charge in [0.1, 0.15) is 6.04 Å². The number of thioether (sulfide) groups is 1. The summed E-state index contributed by atoms with van der Waals surface area (Å²) in [6, 6.07) is 9.53. The Morgan fingerprint density at radius 3 is 2.81 bits per heavy atom. The number of aromatic amines is 1. The average Bonchev–Trinajstić information content (AvgIpc) is 2.69. The van der Waals surface area contributed by atoms with Crippen LogP contribution in [0, 0.1) is 0 Å². The first-order valence-electron chi connectivity index (χ1n) is 8.51. The number of carbonyl (C=O) groups is 1. The second-order valence-electron chi connectivity index (χ2n) is 6.03. The molecule has 0 bridgehead atoms. The highest BCUT2D eigenvalue weighted by atomic mass is 32.2. The minimum atomic E-state index is -0.880. The van der Waals surface area contributed by atoms with Crippen molar-refractivity contribution in [3.05, 3.63) is 75.2 Å². The standard InChI is InChI=1S/C19H20N4O3S/c1-27-10-8-16(17(24)21-12-13-5-4-9-20-11-13)23-18(25)14-6-2-3-7-15(14)22-19(23)26/h2-7,9,11,16H,8,10,12H2,1H3,(H,21,24)(H,22,26)/t16-/m0/s1. The number of aromatic nitrogens is 3. The number of para-hydroxylation sites is 1. The van der Waals surface area contributed by atoms with Crippen molar-refractivity contribution in [2.24, 2.45) is 0 Å². The van der Waals surface area contributed by atoms with E-state index in [1.807, 2.05) is 12.3 Å². The van der Waals surface area contributed by atoms with Crippen molar-refractivity contribution in [3.63, 3.8) is 0 Å². The number of nitrogens with one attached hydrogen (secondary N) is 2. The van der Waals surface area contributed by atoms with Crippen LogP contribution in [0.25, 0.3) is 10.9 Å². The summed E-state index contributed by atoms with van der Waals surface area (Å²) in [4.78, 5) is 44.9. The number of rotatable bonds is 7. The number of hydrogen-bond donors (Lipinski definition) is 2. The number of fused-ring (bicyclic) bond motifs is 1. The first-order valence-corrected chi connectivity index (χ1v) is 9.90. The quantitative estimate of drug-likeness (QED) is 0.646. The molecule has 2 aromatic heterocycles. The smallest absolute Gasteiger partial charge is 0.329 e. The van der Waals surface area contributed by atoms with Gasteiger partial charge in [-0.3, -0.25) is 14.6 Å². The molecular formula is C19H20N4O3S. The molecule has 0 radical (unpaired) electrons. The Bertz CT molecular complexity index is 1050. The van der Waals surface area contributed by atoms with Crippen LogP contribution in [0.1, 0.15) is 18.0 Å². The monoisotopic (exact) mass is 384 g/mol. The van der Waals surface area contributed by atoms with Crippen molar-refractivity contribution >= 4 is 28.6 Å². The molecule has 0 fully saturated rings. The van der Waals surface area contributed by atoms with Gasteiger partial charge in [0.15, 0.2) is 0 Å². The molecule has 7 nitrogen and oxygen atoms in total. The zero-order valence-electron chi connectivity index (χ0n) is 14.8. The van der Waals surface area contributed by atoms with Crippen molar-refractivity contribution in [3.8, 4) is 0 Å². The zero-order chi connectivity index (χ0) is 19.2. The molecule has 0 aliphatic heterocycles. The summed E-state index contributed by atoms with van der Waals surface area (Å²) in [5.41, 5.74) is 0.260. The molecule has 1 amide bonds. The van der Waals surface area contributed by atoms with Gasteiger partial charge in [-0.25, -0.2) is 9.36 Å². The maximum Gasteiger partial charge on any atom is 0.329 e. The van der Waals surface area contributed by atoms with Crippen LogP contribution in [-0.4, -0.2) is 32.5 Å². The van der Waals surface area contributed by atoms with Gasteiger partial charge in [0, 0.05) is 18.9 Å². The highest BCUT2D eigenvalue weighted by molar-refractivity contribution is 7.98. The lowest BCUT2D eigenvalue weighted by Crippen LogP contribution is -2.44. The third-order valence-electron chi connectivity index (χ3n) is 4.24. The first kappa shape index (κ1) is 18.9. The molecular weight excluding hydrogens is 364 g/mol. The molecule has 3 aromatic rings. The van der Waals surface area contributed by atoms with Crippen LogP contribution in [0.2, 0.25) is 0 Å². The Balaban J connectivity index is 1.95. The summed E-state index contributed by atoms with van der Waals surface area (Å²) in [6.45, 7) is 0.280. The fourth-order valence-electron chi connectivity index (χ4n) is 2.88. The maximum absolute atomic E-state index is 12.9. The lowest BCUT2D eigenvalue weighted by molar-refractivity contribution is -0.124. The maximum atomic E-state index is 12.9. The Labute approximate surface area is 159 Å². The van der Waals surface area contributed by atoms with E-state index in [1.54, 1.807) is 54.5 Å². The summed E-state index contributed by atoms with van der Waals surface area (Å²) in [5, 5.41) is 3.19. The van der Waals surface area contributed by atoms with E-state index >= 15 is 0 Å². The van der Waals surface area contributed by atoms with Gasteiger partial charge in [-0.1, -0.05) is 18.2 Å². The lowest BCUT2D eigenvalue weighted by atomic mass is 10.1. The fourth-order valence-corrected chi connectivity index (χ4v) is 3.33. The topological polar surface area (TPSA) is 96.8 Å². The Hall–Kier alpha value is -2.87. The Kier molecular flexibility index (Phi) is 6.08. The van der Waals surface area contributed by atoms with E-state index in [9.17, 15) is 14.4 Å². The van der Waals surface area contributed by atoms with E-state index in [1.165, 1.54) is 0 Å². The molecule has 140 valence electrons. The minimum Gasteiger partial charge on any atom is -0.350 e. The van der Waals surface area contributed by atoms with Crippen molar-refractivity contribution in [2.75, 3.05) is 12.0 Å². The number of amides is 1. The van der Waals surface area contributed by atoms with E-state index in [4.69, 9.17) is 0 Å². The second kappa shape index (κ2) is 8.68. The number of hydrogen-bond acceptors (Lipinski definition) is 5. The minimum absolute atomic E-state index is 0.280. The number of pyridine rings is 1. The van der Waals surface area contributed by atoms with Gasteiger partial charge in [-0.2, -0.15) is 11.8 Å². The van der Waals surface area contributed by atoms with E-state index < -0.39 is 17.3 Å². The van der Waals surface area contributed by atoms with Gasteiger partial charge in [0.2, 0.25) is 5.91 Å². The van der Waals surface area contributed by atoms with Crippen LogP contribution in [0.4, 0.5) is 0 Å². The number of H-pyrrole nitrogens is 1. The third kappa shape index (κ3) is 4.28. The van der Waals surface area contributed by atoms with Crippen LogP contribution in [-0.2, 0) is 11.3 Å². The highest BCUT2D eigenvalue weighted by Gasteiger charge is 2.24. The normalized spacial score (nSPS) is 12.0. The molecule has 1 atom stereocenters. The van der Waals surface area contributed by atoms with Crippen LogP contribution >= 0.6 is 11.8 Å². The van der Waals surface area contributed by atoms with Crippen LogP contribution < -0.4 is 16.6 Å². The number of benzene rings is 1. The molecule has 0 aliphatic carbocycles. The predicted octanol–water partition coefficient (Wildman–Crippen LogP) is 1.70. The first-order chi connectivity index (χ1) is 13.1. The molecule has 8 heteroatoms. The third-order valence-corrected chi connectivity index (χ3v) is 4.88. The Morgan fingerprint density at radius 1 is 1.26 bits per heavy atom. The van der Waals surface area contributed by atoms with Gasteiger partial charge in [0.25, 0.3) is 5.56 Å². The van der Waals surface area contributed by atoms with Gasteiger partial charge in [-0.15, -0.1) is 0 Å². The molecule has 3 rings (SSSR count). The molecule has 2 heterocycles. The van der Waals surface area contributed by atoms with E-state index in [-0.39, 0.29) is 12.5 Å². The molecule has 2 N–H and O–H groups in total. The van der Waals surface area contributed by atoms with Crippen LogP contribution in [0.5, 0.6) is 0 Å². The zero-order valence-corrected chi connectivity index (χ0v) is 15.7. The second-order valence-corrected chi connectivity index (χ2v) is 7.01. The summed E-state index contributed by atoms with van der Waals surface area (Å²) < 4.78 is 1.02. The largest absolute Gasteiger partial charge is 0.350 e. The average molecular weight is 384 g/mol. The molecule has 0 saturated carbocycles. The van der Waals surface area contributed by atoms with E-state index in [0.29, 0.717) is 23.1 Å². The summed E-state index contributed by atoms with van der Waals surface area (Å²) in [5.74, 6) is 0.278. The number of nitrogens with zero attached hydrogens (tertiary/aromatic N) is 2. The Morgan fingerprint density at radius 2 is 2.07 bits per heavy atom. The lowest BCUT2D eigenvalue weighted by Gasteiger charge is -2.18. The van der Waals surface area contributed by atoms with Gasteiger partial charge in [-0.05, 0) is 42.2 Å². The number of carbonyl (C=O) groups excluding carboxylic acids is 1. The predicted molar refractivity (Wildman–Crippen MR) is 107 cm³/mol. The fraction of sp³-hybridized carbons (Fsp3) is 0.263. The molecule has 0 saturated heterocycles. The summed E-state index contributed by atoms with van der Waals surface area (Å²) >= 11 is 1.55. The van der Waals surface area contributed by atoms with Crippen molar-refractivity contribution in [1.29, 1.82) is 0 Å². The van der Waals surface area contributed by atoms with Gasteiger partial charge < -0.3 is 10.3 Å². The SMILES string of the molecule is CSCC[C@@H](C(=O)NCc1cccnc1)n1c(=O)[nH]c2ccccc2c1=O. The molecule has 1 aromatic carbocycles. The van der Waals surface area contributed by atoms with Gasteiger partial charge in [0.05, 0.1) is 10.9 Å². The summed E-state index contributed by atoms with van der Waals surface area (Å²) in [7, 11) is 0. The van der Waals surface area contributed by atoms with Gasteiger partial charge >= 0.3 is 5.69 Å². The molecule has 0 spiro atoms. The van der Waals surface area contributed by atoms with E-state index in [0.717, 1.165) is 10.1 Å². The highest BCUT2D eigenvalue weighted by Crippen LogP contribution is 2.13. The van der Waals surface area contributed by atoms with Crippen molar-refractivity contribution in [2.45, 2.75) is 19.0 Å². The van der Waals surface area contributed by atoms with Crippen molar-refractivity contribution in [1.82, 2.24) is 19.9 Å². The van der Waals surface area contributed by atoms with Crippen molar-refractivity contribution < 1.29 is 4.79 Å².